The number of hydrogen-bond donors (Lipinski definition) is 1. The van der Waals surface area contributed by atoms with Crippen LogP contribution in [0.4, 0.5) is 5.69 Å². The Kier molecular flexibility index (Phi) is 6.55. The van der Waals surface area contributed by atoms with Crippen molar-refractivity contribution in [2.45, 2.75) is 19.4 Å². The molecule has 0 fully saturated rings. The van der Waals surface area contributed by atoms with Crippen LogP contribution in [0, 0.1) is 0 Å². The van der Waals surface area contributed by atoms with Crippen LogP contribution in [0.2, 0.25) is 0 Å². The topological polar surface area (TPSA) is 74.1 Å². The third-order valence-electron chi connectivity index (χ3n) is 5.02. The smallest absolute Gasteiger partial charge is 0.224 e. The number of nitrogens with one attached hydrogen (secondary N) is 1. The largest absolute Gasteiger partial charge is 0.493 e. The lowest BCUT2D eigenvalue weighted by molar-refractivity contribution is -0.116. The minimum absolute atomic E-state index is 0.0904. The Morgan fingerprint density at radius 1 is 1.03 bits per heavy atom. The van der Waals surface area contributed by atoms with Crippen molar-refractivity contribution in [1.29, 1.82) is 0 Å². The van der Waals surface area contributed by atoms with E-state index in [1.54, 1.807) is 20.3 Å². The van der Waals surface area contributed by atoms with Crippen molar-refractivity contribution in [3.8, 4) is 17.2 Å². The number of aromatic nitrogens is 2. The highest BCUT2D eigenvalue weighted by Crippen LogP contribution is 2.31. The molecule has 7 nitrogen and oxygen atoms in total. The number of carbonyl (C=O) groups excluding carboxylic acids is 1. The number of methoxy groups -OCH3 is 2. The van der Waals surface area contributed by atoms with Gasteiger partial charge in [-0.15, -0.1) is 0 Å². The number of carbonyl (C=O) groups is 1. The van der Waals surface area contributed by atoms with E-state index >= 15 is 0 Å². The fourth-order valence-corrected chi connectivity index (χ4v) is 3.50. The molecule has 0 bridgehead atoms. The van der Waals surface area contributed by atoms with Crippen LogP contribution in [-0.4, -0.2) is 29.5 Å². The van der Waals surface area contributed by atoms with Gasteiger partial charge in [0.05, 0.1) is 19.9 Å². The molecule has 164 valence electrons. The van der Waals surface area contributed by atoms with Crippen molar-refractivity contribution in [1.82, 2.24) is 9.38 Å². The predicted molar refractivity (Wildman–Crippen MR) is 122 cm³/mol. The van der Waals surface area contributed by atoms with Crippen LogP contribution in [0.15, 0.2) is 73.1 Å². The van der Waals surface area contributed by atoms with E-state index in [-0.39, 0.29) is 5.91 Å². The van der Waals surface area contributed by atoms with Gasteiger partial charge in [0.2, 0.25) is 5.91 Å². The number of ether oxygens (including phenoxy) is 3. The van der Waals surface area contributed by atoms with E-state index in [9.17, 15) is 4.79 Å². The van der Waals surface area contributed by atoms with E-state index in [2.05, 4.69) is 10.3 Å². The second-order valence-electron chi connectivity index (χ2n) is 7.22. The van der Waals surface area contributed by atoms with E-state index in [1.165, 1.54) is 0 Å². The van der Waals surface area contributed by atoms with Gasteiger partial charge in [0, 0.05) is 30.6 Å². The number of para-hydroxylation sites is 1. The SMILES string of the molecule is COc1cccc(CCC(=O)Nc2cccc(OCc3cn4ccccc4n3)c2)c1OC. The highest BCUT2D eigenvalue weighted by molar-refractivity contribution is 5.91. The molecule has 0 radical (unpaired) electrons. The number of rotatable bonds is 9. The molecule has 2 aromatic carbocycles. The summed E-state index contributed by atoms with van der Waals surface area (Å²) in [5.41, 5.74) is 3.31. The summed E-state index contributed by atoms with van der Waals surface area (Å²) in [5, 5.41) is 2.93. The van der Waals surface area contributed by atoms with Crippen molar-refractivity contribution < 1.29 is 19.0 Å². The van der Waals surface area contributed by atoms with E-state index in [0.717, 1.165) is 16.9 Å². The molecule has 0 aliphatic heterocycles. The first kappa shape index (κ1) is 21.2. The third kappa shape index (κ3) is 5.00. The first-order valence-electron chi connectivity index (χ1n) is 10.3. The number of benzene rings is 2. The lowest BCUT2D eigenvalue weighted by Gasteiger charge is -2.12. The van der Waals surface area contributed by atoms with E-state index < -0.39 is 0 Å². The summed E-state index contributed by atoms with van der Waals surface area (Å²) in [4.78, 5) is 17.0. The zero-order valence-electron chi connectivity index (χ0n) is 18.1. The van der Waals surface area contributed by atoms with Gasteiger partial charge in [-0.1, -0.05) is 24.3 Å². The molecule has 4 rings (SSSR count). The zero-order chi connectivity index (χ0) is 22.3. The standard InChI is InChI=1S/C25H25N3O4/c1-30-22-10-5-7-18(25(22)31-2)12-13-24(29)27-19-8-6-9-21(15-19)32-17-20-16-28-14-4-3-11-23(28)26-20/h3-11,14-16H,12-13,17H2,1-2H3,(H,27,29). The molecular formula is C25H25N3O4. The number of anilines is 1. The summed E-state index contributed by atoms with van der Waals surface area (Å²) in [6, 6.07) is 18.8. The second kappa shape index (κ2) is 9.87. The van der Waals surface area contributed by atoms with Gasteiger partial charge < -0.3 is 23.9 Å². The van der Waals surface area contributed by atoms with Gasteiger partial charge in [-0.2, -0.15) is 0 Å². The normalized spacial score (nSPS) is 10.7. The quantitative estimate of drug-likeness (QED) is 0.422. The Morgan fingerprint density at radius 3 is 2.72 bits per heavy atom. The highest BCUT2D eigenvalue weighted by atomic mass is 16.5. The summed E-state index contributed by atoms with van der Waals surface area (Å²) in [6.45, 7) is 0.342. The van der Waals surface area contributed by atoms with Gasteiger partial charge >= 0.3 is 0 Å². The Hall–Kier alpha value is -4.00. The number of fused-ring (bicyclic) bond motifs is 1. The minimum atomic E-state index is -0.0904. The number of amides is 1. The van der Waals surface area contributed by atoms with Crippen LogP contribution < -0.4 is 19.5 Å². The van der Waals surface area contributed by atoms with Crippen molar-refractivity contribution in [3.05, 3.63) is 84.3 Å². The first-order valence-corrected chi connectivity index (χ1v) is 10.3. The van der Waals surface area contributed by atoms with E-state index in [1.807, 2.05) is 71.4 Å². The molecule has 0 saturated carbocycles. The Balaban J connectivity index is 1.34. The second-order valence-corrected chi connectivity index (χ2v) is 7.22. The Morgan fingerprint density at radius 2 is 1.91 bits per heavy atom. The van der Waals surface area contributed by atoms with Crippen molar-refractivity contribution in [2.24, 2.45) is 0 Å². The molecule has 0 aliphatic rings. The van der Waals surface area contributed by atoms with Crippen LogP contribution in [0.1, 0.15) is 17.7 Å². The molecule has 4 aromatic rings. The number of hydrogen-bond acceptors (Lipinski definition) is 5. The van der Waals surface area contributed by atoms with Crippen molar-refractivity contribution in [3.63, 3.8) is 0 Å². The van der Waals surface area contributed by atoms with E-state index in [0.29, 0.717) is 42.4 Å². The van der Waals surface area contributed by atoms with Crippen LogP contribution in [0.25, 0.3) is 5.65 Å². The van der Waals surface area contributed by atoms with Crippen LogP contribution in [-0.2, 0) is 17.8 Å². The van der Waals surface area contributed by atoms with E-state index in [4.69, 9.17) is 14.2 Å². The number of pyridine rings is 1. The molecule has 0 spiro atoms. The third-order valence-corrected chi connectivity index (χ3v) is 5.02. The minimum Gasteiger partial charge on any atom is -0.493 e. The predicted octanol–water partition coefficient (Wildman–Crippen LogP) is 4.50. The summed E-state index contributed by atoms with van der Waals surface area (Å²) in [5.74, 6) is 1.88. The molecule has 7 heteroatoms. The van der Waals surface area contributed by atoms with Gasteiger partial charge in [-0.05, 0) is 42.3 Å². The average molecular weight is 431 g/mol. The zero-order valence-corrected chi connectivity index (χ0v) is 18.1. The molecule has 1 amide bonds. The molecule has 32 heavy (non-hydrogen) atoms. The van der Waals surface area contributed by atoms with Crippen molar-refractivity contribution >= 4 is 17.2 Å². The average Bonchev–Trinajstić information content (AvgIpc) is 3.24. The molecule has 0 atom stereocenters. The number of aryl methyl sites for hydroxylation is 1. The fourth-order valence-electron chi connectivity index (χ4n) is 3.50. The lowest BCUT2D eigenvalue weighted by atomic mass is 10.1. The van der Waals surface area contributed by atoms with Crippen LogP contribution in [0.5, 0.6) is 17.2 Å². The molecule has 0 saturated heterocycles. The summed E-state index contributed by atoms with van der Waals surface area (Å²) in [6.07, 6.45) is 4.74. The maximum Gasteiger partial charge on any atom is 0.224 e. The van der Waals surface area contributed by atoms with Gasteiger partial charge in [0.15, 0.2) is 11.5 Å². The number of imidazole rings is 1. The van der Waals surface area contributed by atoms with Gasteiger partial charge in [0.25, 0.3) is 0 Å². The summed E-state index contributed by atoms with van der Waals surface area (Å²) >= 11 is 0. The molecule has 0 unspecified atom stereocenters. The number of nitrogens with zero attached hydrogens (tertiary/aromatic N) is 2. The fraction of sp³-hybridized carbons (Fsp3) is 0.200. The summed E-state index contributed by atoms with van der Waals surface area (Å²) < 4.78 is 18.6. The molecular weight excluding hydrogens is 406 g/mol. The first-order chi connectivity index (χ1) is 15.7. The molecule has 2 heterocycles. The highest BCUT2D eigenvalue weighted by Gasteiger charge is 2.12. The van der Waals surface area contributed by atoms with Crippen LogP contribution >= 0.6 is 0 Å². The molecule has 0 aliphatic carbocycles. The van der Waals surface area contributed by atoms with Gasteiger partial charge in [-0.3, -0.25) is 4.79 Å². The summed E-state index contributed by atoms with van der Waals surface area (Å²) in [7, 11) is 3.19. The maximum atomic E-state index is 12.5. The molecule has 1 N–H and O–H groups in total. The van der Waals surface area contributed by atoms with Crippen molar-refractivity contribution in [2.75, 3.05) is 19.5 Å². The van der Waals surface area contributed by atoms with Gasteiger partial charge in [0.1, 0.15) is 18.0 Å². The Bertz CT molecular complexity index is 1190. The monoisotopic (exact) mass is 431 g/mol. The van der Waals surface area contributed by atoms with Gasteiger partial charge in [-0.25, -0.2) is 4.98 Å². The maximum absolute atomic E-state index is 12.5. The Labute approximate surface area is 186 Å². The molecule has 2 aromatic heterocycles. The van der Waals surface area contributed by atoms with Crippen LogP contribution in [0.3, 0.4) is 0 Å². The lowest BCUT2D eigenvalue weighted by Crippen LogP contribution is -2.12.